The first-order valence-electron chi connectivity index (χ1n) is 12.6. The molecule has 1 aliphatic carbocycles. The molecule has 1 saturated carbocycles. The van der Waals surface area contributed by atoms with Crippen LogP contribution < -0.4 is 5.56 Å². The van der Waals surface area contributed by atoms with Gasteiger partial charge in [0.2, 0.25) is 5.91 Å². The third-order valence-corrected chi connectivity index (χ3v) is 6.97. The van der Waals surface area contributed by atoms with Crippen molar-refractivity contribution in [3.8, 4) is 5.69 Å². The first-order chi connectivity index (χ1) is 16.5. The largest absolute Gasteiger partial charge is 0.333 e. The van der Waals surface area contributed by atoms with Crippen LogP contribution in [0.15, 0.2) is 53.3 Å². The van der Waals surface area contributed by atoms with Gasteiger partial charge in [0.1, 0.15) is 11.6 Å². The van der Waals surface area contributed by atoms with Crippen molar-refractivity contribution >= 4 is 16.8 Å². The fourth-order valence-corrected chi connectivity index (χ4v) is 5.02. The van der Waals surface area contributed by atoms with Crippen molar-refractivity contribution in [2.24, 2.45) is 5.92 Å². The molecule has 1 fully saturated rings. The van der Waals surface area contributed by atoms with E-state index in [1.165, 1.54) is 18.6 Å². The zero-order valence-electron chi connectivity index (χ0n) is 20.2. The first-order valence-corrected chi connectivity index (χ1v) is 12.6. The Hall–Kier alpha value is -3.02. The van der Waals surface area contributed by atoms with E-state index in [-0.39, 0.29) is 23.2 Å². The van der Waals surface area contributed by atoms with Crippen LogP contribution in [0.5, 0.6) is 0 Å². The number of hydrogen-bond donors (Lipinski definition) is 0. The van der Waals surface area contributed by atoms with E-state index < -0.39 is 6.04 Å². The lowest BCUT2D eigenvalue weighted by Gasteiger charge is -2.34. The number of benzene rings is 2. The van der Waals surface area contributed by atoms with Gasteiger partial charge in [-0.15, -0.1) is 0 Å². The number of para-hydroxylation sites is 1. The maximum atomic E-state index is 13.7. The third kappa shape index (κ3) is 5.06. The van der Waals surface area contributed by atoms with Crippen LogP contribution >= 0.6 is 0 Å². The normalized spacial score (nSPS) is 15.4. The van der Waals surface area contributed by atoms with Crippen LogP contribution in [0.3, 0.4) is 0 Å². The maximum absolute atomic E-state index is 13.7. The number of unbranched alkanes of at least 4 members (excludes halogenated alkanes) is 2. The van der Waals surface area contributed by atoms with E-state index in [2.05, 4.69) is 6.92 Å². The zero-order chi connectivity index (χ0) is 24.1. The van der Waals surface area contributed by atoms with E-state index in [9.17, 15) is 14.0 Å². The van der Waals surface area contributed by atoms with Crippen molar-refractivity contribution in [1.82, 2.24) is 14.5 Å². The lowest BCUT2D eigenvalue weighted by atomic mass is 9.88. The highest BCUT2D eigenvalue weighted by Crippen LogP contribution is 2.30. The molecule has 1 heterocycles. The molecule has 0 N–H and O–H groups in total. The molecular formula is C28H34FN3O2. The van der Waals surface area contributed by atoms with E-state index in [1.54, 1.807) is 22.8 Å². The Morgan fingerprint density at radius 1 is 1.09 bits per heavy atom. The van der Waals surface area contributed by atoms with Gasteiger partial charge in [-0.3, -0.25) is 14.2 Å². The molecule has 4 rings (SSSR count). The van der Waals surface area contributed by atoms with Gasteiger partial charge < -0.3 is 4.90 Å². The second-order valence-electron chi connectivity index (χ2n) is 9.35. The quantitative estimate of drug-likeness (QED) is 0.375. The Labute approximate surface area is 200 Å². The van der Waals surface area contributed by atoms with Crippen molar-refractivity contribution in [3.05, 3.63) is 70.5 Å². The molecule has 6 heteroatoms. The van der Waals surface area contributed by atoms with Gasteiger partial charge in [-0.25, -0.2) is 9.37 Å². The van der Waals surface area contributed by atoms with E-state index in [4.69, 9.17) is 4.98 Å². The summed E-state index contributed by atoms with van der Waals surface area (Å²) in [5, 5.41) is 0.499. The van der Waals surface area contributed by atoms with Gasteiger partial charge in [0, 0.05) is 12.5 Å². The molecule has 0 spiro atoms. The van der Waals surface area contributed by atoms with Gasteiger partial charge in [-0.05, 0) is 62.6 Å². The Kier molecular flexibility index (Phi) is 7.76. The summed E-state index contributed by atoms with van der Waals surface area (Å²) in [5.74, 6) is 0.338. The molecule has 180 valence electrons. The van der Waals surface area contributed by atoms with Gasteiger partial charge in [-0.1, -0.05) is 51.2 Å². The predicted molar refractivity (Wildman–Crippen MR) is 134 cm³/mol. The molecule has 0 radical (unpaired) electrons. The summed E-state index contributed by atoms with van der Waals surface area (Å²) in [5.41, 5.74) is 0.939. The van der Waals surface area contributed by atoms with Crippen LogP contribution in [-0.2, 0) is 4.79 Å². The molecule has 3 aromatic rings. The Balaban J connectivity index is 1.82. The number of nitrogens with zero attached hydrogens (tertiary/aromatic N) is 3. The monoisotopic (exact) mass is 463 g/mol. The standard InChI is InChI=1S/C28H34FN3O2/c1-3-4-10-19-31(27(33)21-11-6-5-7-12-21)20(2)26-30-25-14-9-8-13-24(25)28(34)32(26)23-17-15-22(29)16-18-23/h8-9,13-18,20-21H,3-7,10-12,19H2,1-2H3. The molecule has 1 aliphatic rings. The smallest absolute Gasteiger partial charge is 0.266 e. The van der Waals surface area contributed by atoms with Gasteiger partial charge in [0.05, 0.1) is 22.6 Å². The molecule has 1 aromatic heterocycles. The SMILES string of the molecule is CCCCCN(C(=O)C1CCCCC1)C(C)c1nc2ccccc2c(=O)n1-c1ccc(F)cc1. The fourth-order valence-electron chi connectivity index (χ4n) is 5.02. The van der Waals surface area contributed by atoms with E-state index in [0.29, 0.717) is 29.0 Å². The molecule has 0 saturated heterocycles. The summed E-state index contributed by atoms with van der Waals surface area (Å²) in [6.07, 6.45) is 8.21. The number of hydrogen-bond acceptors (Lipinski definition) is 3. The van der Waals surface area contributed by atoms with Crippen LogP contribution in [0.4, 0.5) is 4.39 Å². The van der Waals surface area contributed by atoms with Crippen molar-refractivity contribution < 1.29 is 9.18 Å². The van der Waals surface area contributed by atoms with E-state index in [1.807, 2.05) is 30.0 Å². The molecule has 34 heavy (non-hydrogen) atoms. The lowest BCUT2D eigenvalue weighted by Crippen LogP contribution is -2.41. The average Bonchev–Trinajstić information content (AvgIpc) is 2.87. The summed E-state index contributed by atoms with van der Waals surface area (Å²) in [7, 11) is 0. The lowest BCUT2D eigenvalue weighted by molar-refractivity contribution is -0.139. The molecule has 0 bridgehead atoms. The van der Waals surface area contributed by atoms with Crippen LogP contribution in [0.1, 0.15) is 77.1 Å². The van der Waals surface area contributed by atoms with Crippen molar-refractivity contribution in [3.63, 3.8) is 0 Å². The summed E-state index contributed by atoms with van der Waals surface area (Å²) < 4.78 is 15.2. The number of amides is 1. The van der Waals surface area contributed by atoms with Crippen molar-refractivity contribution in [2.75, 3.05) is 6.54 Å². The zero-order valence-corrected chi connectivity index (χ0v) is 20.2. The Morgan fingerprint density at radius 2 is 1.79 bits per heavy atom. The average molecular weight is 464 g/mol. The summed E-state index contributed by atoms with van der Waals surface area (Å²) in [6, 6.07) is 12.7. The number of carbonyl (C=O) groups is 1. The highest BCUT2D eigenvalue weighted by atomic mass is 19.1. The predicted octanol–water partition coefficient (Wildman–Crippen LogP) is 6.18. The van der Waals surface area contributed by atoms with Crippen molar-refractivity contribution in [2.45, 2.75) is 71.3 Å². The van der Waals surface area contributed by atoms with Gasteiger partial charge in [-0.2, -0.15) is 0 Å². The number of aromatic nitrogens is 2. The molecule has 2 aromatic carbocycles. The molecule has 1 unspecified atom stereocenters. The minimum atomic E-state index is -0.395. The van der Waals surface area contributed by atoms with Crippen LogP contribution in [0, 0.1) is 11.7 Å². The topological polar surface area (TPSA) is 55.2 Å². The van der Waals surface area contributed by atoms with Crippen LogP contribution in [0.25, 0.3) is 16.6 Å². The molecule has 1 amide bonds. The Morgan fingerprint density at radius 3 is 2.50 bits per heavy atom. The highest BCUT2D eigenvalue weighted by Gasteiger charge is 2.31. The van der Waals surface area contributed by atoms with E-state index >= 15 is 0 Å². The van der Waals surface area contributed by atoms with Crippen LogP contribution in [0.2, 0.25) is 0 Å². The summed E-state index contributed by atoms with van der Waals surface area (Å²) in [6.45, 7) is 4.74. The second kappa shape index (κ2) is 10.9. The van der Waals surface area contributed by atoms with E-state index in [0.717, 1.165) is 44.9 Å². The number of halogens is 1. The fraction of sp³-hybridized carbons (Fsp3) is 0.464. The van der Waals surface area contributed by atoms with Gasteiger partial charge in [0.15, 0.2) is 0 Å². The first kappa shape index (κ1) is 24.1. The number of carbonyl (C=O) groups excluding carboxylic acids is 1. The summed E-state index contributed by atoms with van der Waals surface area (Å²) >= 11 is 0. The van der Waals surface area contributed by atoms with Crippen LogP contribution in [-0.4, -0.2) is 26.9 Å². The second-order valence-corrected chi connectivity index (χ2v) is 9.35. The maximum Gasteiger partial charge on any atom is 0.266 e. The molecule has 5 nitrogen and oxygen atoms in total. The third-order valence-electron chi connectivity index (χ3n) is 6.97. The van der Waals surface area contributed by atoms with Gasteiger partial charge >= 0.3 is 0 Å². The minimum Gasteiger partial charge on any atom is -0.333 e. The van der Waals surface area contributed by atoms with Gasteiger partial charge in [0.25, 0.3) is 5.56 Å². The molecule has 1 atom stereocenters. The minimum absolute atomic E-state index is 0.0317. The number of rotatable bonds is 8. The number of fused-ring (bicyclic) bond motifs is 1. The summed E-state index contributed by atoms with van der Waals surface area (Å²) in [4.78, 5) is 34.1. The molecular weight excluding hydrogens is 429 g/mol. The Bertz CT molecular complexity index is 1180. The highest BCUT2D eigenvalue weighted by molar-refractivity contribution is 5.80. The van der Waals surface area contributed by atoms with Crippen molar-refractivity contribution in [1.29, 1.82) is 0 Å². The molecule has 0 aliphatic heterocycles.